The van der Waals surface area contributed by atoms with Crippen molar-refractivity contribution in [3.8, 4) is 0 Å². The van der Waals surface area contributed by atoms with Crippen molar-refractivity contribution in [3.05, 3.63) is 36.0 Å². The molecule has 4 amide bonds. The molecule has 10 N–H and O–H groups in total. The minimum absolute atomic E-state index is 0.0635. The summed E-state index contributed by atoms with van der Waals surface area (Å²) in [5.41, 5.74) is 12.2. The number of nitrogens with one attached hydrogen (secondary N) is 4. The number of carboxylic acids is 1. The van der Waals surface area contributed by atoms with Gasteiger partial charge in [0.15, 0.2) is 0 Å². The molecule has 2 aromatic rings. The van der Waals surface area contributed by atoms with Crippen LogP contribution < -0.4 is 27.4 Å². The van der Waals surface area contributed by atoms with E-state index in [9.17, 15) is 34.2 Å². The Kier molecular flexibility index (Phi) is 9.31. The van der Waals surface area contributed by atoms with E-state index in [-0.39, 0.29) is 6.42 Å². The lowest BCUT2D eigenvalue weighted by atomic mass is 10.0. The first kappa shape index (κ1) is 27.3. The third-order valence-corrected chi connectivity index (χ3v) is 5.33. The number of carbonyl (C=O) groups is 5. The summed E-state index contributed by atoms with van der Waals surface area (Å²) in [5.74, 6) is -4.82. The van der Waals surface area contributed by atoms with Gasteiger partial charge in [0.2, 0.25) is 23.6 Å². The Bertz CT molecular complexity index is 1100. The maximum absolute atomic E-state index is 12.8. The number of fused-ring (bicyclic) bond motifs is 1. The minimum Gasteiger partial charge on any atom is -0.480 e. The van der Waals surface area contributed by atoms with Crippen LogP contribution in [0.15, 0.2) is 30.5 Å². The highest BCUT2D eigenvalue weighted by molar-refractivity contribution is 5.96. The van der Waals surface area contributed by atoms with Gasteiger partial charge in [-0.25, -0.2) is 4.79 Å². The SMILES string of the molecule is CC(NC(=O)C(N)C(C)O)C(=O)NC(CC(N)=O)C(=O)NC(Cc1c[nH]c2ccccc12)C(=O)O. The molecule has 35 heavy (non-hydrogen) atoms. The van der Waals surface area contributed by atoms with Gasteiger partial charge >= 0.3 is 5.97 Å². The molecule has 1 heterocycles. The smallest absolute Gasteiger partial charge is 0.326 e. The molecule has 0 aliphatic rings. The third kappa shape index (κ3) is 7.52. The van der Waals surface area contributed by atoms with Gasteiger partial charge < -0.3 is 42.6 Å². The molecule has 5 atom stereocenters. The van der Waals surface area contributed by atoms with E-state index in [0.29, 0.717) is 5.56 Å². The summed E-state index contributed by atoms with van der Waals surface area (Å²) in [6.07, 6.45) is -0.196. The number of aliphatic hydroxyl groups is 1. The van der Waals surface area contributed by atoms with Crippen LogP contribution in [0.4, 0.5) is 0 Å². The van der Waals surface area contributed by atoms with Gasteiger partial charge in [-0.3, -0.25) is 19.2 Å². The molecule has 190 valence electrons. The summed E-state index contributed by atoms with van der Waals surface area (Å²) in [6, 6.07) is 1.91. The van der Waals surface area contributed by atoms with Crippen LogP contribution in [-0.2, 0) is 30.4 Å². The first-order valence-corrected chi connectivity index (χ1v) is 10.8. The summed E-state index contributed by atoms with van der Waals surface area (Å²) >= 11 is 0. The second kappa shape index (κ2) is 11.9. The highest BCUT2D eigenvalue weighted by atomic mass is 16.4. The van der Waals surface area contributed by atoms with Gasteiger partial charge in [0.25, 0.3) is 0 Å². The number of H-pyrrole nitrogens is 1. The van der Waals surface area contributed by atoms with Gasteiger partial charge in [-0.15, -0.1) is 0 Å². The van der Waals surface area contributed by atoms with Crippen LogP contribution in [0.1, 0.15) is 25.8 Å². The molecule has 0 saturated carbocycles. The van der Waals surface area contributed by atoms with E-state index in [4.69, 9.17) is 11.5 Å². The van der Waals surface area contributed by atoms with Gasteiger partial charge in [0, 0.05) is 23.5 Å². The van der Waals surface area contributed by atoms with Crippen LogP contribution in [0.3, 0.4) is 0 Å². The maximum atomic E-state index is 12.8. The lowest BCUT2D eigenvalue weighted by Crippen LogP contribution is -2.58. The average Bonchev–Trinajstić information content (AvgIpc) is 3.19. The number of aromatic amines is 1. The zero-order chi connectivity index (χ0) is 26.3. The summed E-state index contributed by atoms with van der Waals surface area (Å²) in [7, 11) is 0. The Hall–Kier alpha value is -3.97. The predicted octanol–water partition coefficient (Wildman–Crippen LogP) is -2.15. The Morgan fingerprint density at radius 3 is 2.20 bits per heavy atom. The zero-order valence-electron chi connectivity index (χ0n) is 19.3. The number of rotatable bonds is 12. The number of primary amides is 1. The molecule has 1 aromatic carbocycles. The number of aromatic nitrogens is 1. The fourth-order valence-electron chi connectivity index (χ4n) is 3.29. The Labute approximate surface area is 200 Å². The predicted molar refractivity (Wildman–Crippen MR) is 125 cm³/mol. The topological polar surface area (TPSA) is 230 Å². The van der Waals surface area contributed by atoms with Crippen LogP contribution in [0.2, 0.25) is 0 Å². The lowest BCUT2D eigenvalue weighted by Gasteiger charge is -2.23. The van der Waals surface area contributed by atoms with E-state index in [2.05, 4.69) is 20.9 Å². The van der Waals surface area contributed by atoms with E-state index in [1.54, 1.807) is 18.3 Å². The Balaban J connectivity index is 2.10. The van der Waals surface area contributed by atoms with E-state index < -0.39 is 66.3 Å². The highest BCUT2D eigenvalue weighted by Gasteiger charge is 2.30. The van der Waals surface area contributed by atoms with Gasteiger partial charge in [-0.1, -0.05) is 18.2 Å². The van der Waals surface area contributed by atoms with Crippen LogP contribution in [0.25, 0.3) is 10.9 Å². The number of aliphatic carboxylic acids is 1. The second-order valence-corrected chi connectivity index (χ2v) is 8.19. The van der Waals surface area contributed by atoms with Crippen molar-refractivity contribution in [1.29, 1.82) is 0 Å². The molecule has 0 aliphatic heterocycles. The van der Waals surface area contributed by atoms with Gasteiger partial charge in [-0.2, -0.15) is 0 Å². The quantitative estimate of drug-likeness (QED) is 0.163. The summed E-state index contributed by atoms with van der Waals surface area (Å²) in [5, 5.41) is 26.7. The van der Waals surface area contributed by atoms with Crippen molar-refractivity contribution in [2.45, 2.75) is 57.0 Å². The average molecular weight is 491 g/mol. The third-order valence-electron chi connectivity index (χ3n) is 5.33. The summed E-state index contributed by atoms with van der Waals surface area (Å²) < 4.78 is 0. The van der Waals surface area contributed by atoms with Crippen molar-refractivity contribution >= 4 is 40.5 Å². The van der Waals surface area contributed by atoms with Crippen LogP contribution >= 0.6 is 0 Å². The monoisotopic (exact) mass is 490 g/mol. The van der Waals surface area contributed by atoms with E-state index in [1.807, 2.05) is 12.1 Å². The summed E-state index contributed by atoms with van der Waals surface area (Å²) in [6.45, 7) is 2.61. The van der Waals surface area contributed by atoms with Crippen LogP contribution in [0, 0.1) is 0 Å². The van der Waals surface area contributed by atoms with Crippen molar-refractivity contribution < 1.29 is 34.2 Å². The number of carbonyl (C=O) groups excluding carboxylic acids is 4. The molecule has 2 rings (SSSR count). The van der Waals surface area contributed by atoms with Crippen LogP contribution in [0.5, 0.6) is 0 Å². The second-order valence-electron chi connectivity index (χ2n) is 8.19. The first-order valence-electron chi connectivity index (χ1n) is 10.8. The molecular weight excluding hydrogens is 460 g/mol. The van der Waals surface area contributed by atoms with E-state index in [1.165, 1.54) is 13.8 Å². The molecule has 0 bridgehead atoms. The molecule has 0 fully saturated rings. The Morgan fingerprint density at radius 1 is 0.971 bits per heavy atom. The maximum Gasteiger partial charge on any atom is 0.326 e. The number of benzene rings is 1. The van der Waals surface area contributed by atoms with Crippen molar-refractivity contribution in [2.75, 3.05) is 0 Å². The molecular formula is C22H30N6O7. The van der Waals surface area contributed by atoms with E-state index in [0.717, 1.165) is 10.9 Å². The normalized spacial score (nSPS) is 15.3. The van der Waals surface area contributed by atoms with E-state index >= 15 is 0 Å². The fourth-order valence-corrected chi connectivity index (χ4v) is 3.29. The number of carboxylic acid groups (broad SMARTS) is 1. The van der Waals surface area contributed by atoms with Gasteiger partial charge in [-0.05, 0) is 25.5 Å². The number of aliphatic hydroxyl groups excluding tert-OH is 1. The van der Waals surface area contributed by atoms with Gasteiger partial charge in [0.1, 0.15) is 24.2 Å². The summed E-state index contributed by atoms with van der Waals surface area (Å²) in [4.78, 5) is 63.6. The fraction of sp³-hybridized carbons (Fsp3) is 0.409. The van der Waals surface area contributed by atoms with Crippen molar-refractivity contribution in [2.24, 2.45) is 11.5 Å². The number of nitrogens with two attached hydrogens (primary N) is 2. The standard InChI is InChI=1S/C22H30N6O7/c1-10(26-21(33)18(24)11(2)29)19(31)27-15(8-17(23)30)20(32)28-16(22(34)35)7-12-9-25-14-6-4-3-5-13(12)14/h3-6,9-11,15-16,18,25,29H,7-8,24H2,1-2H3,(H2,23,30)(H,26,33)(H,27,31)(H,28,32)(H,34,35). The van der Waals surface area contributed by atoms with Crippen molar-refractivity contribution in [1.82, 2.24) is 20.9 Å². The molecule has 1 aromatic heterocycles. The molecule has 0 radical (unpaired) electrons. The highest BCUT2D eigenvalue weighted by Crippen LogP contribution is 2.19. The van der Waals surface area contributed by atoms with Gasteiger partial charge in [0.05, 0.1) is 12.5 Å². The molecule has 0 saturated heterocycles. The minimum atomic E-state index is -1.49. The molecule has 0 spiro atoms. The largest absolute Gasteiger partial charge is 0.480 e. The van der Waals surface area contributed by atoms with Crippen LogP contribution in [-0.4, -0.2) is 75.1 Å². The number of para-hydroxylation sites is 1. The number of amides is 4. The molecule has 13 heteroatoms. The molecule has 5 unspecified atom stereocenters. The first-order chi connectivity index (χ1) is 16.4. The number of hydrogen-bond acceptors (Lipinski definition) is 7. The zero-order valence-corrected chi connectivity index (χ0v) is 19.3. The number of hydrogen-bond donors (Lipinski definition) is 8. The molecule has 13 nitrogen and oxygen atoms in total. The lowest BCUT2D eigenvalue weighted by molar-refractivity contribution is -0.142. The Morgan fingerprint density at radius 2 is 1.60 bits per heavy atom. The van der Waals surface area contributed by atoms with Crippen molar-refractivity contribution in [3.63, 3.8) is 0 Å². The molecule has 0 aliphatic carbocycles.